The van der Waals surface area contributed by atoms with Crippen molar-refractivity contribution in [2.24, 2.45) is 0 Å². The van der Waals surface area contributed by atoms with Gasteiger partial charge in [-0.15, -0.1) is 0 Å². The Balaban J connectivity index is 2.84. The van der Waals surface area contributed by atoms with Crippen molar-refractivity contribution in [1.82, 2.24) is 0 Å². The van der Waals surface area contributed by atoms with Crippen molar-refractivity contribution >= 4 is 34.4 Å². The Morgan fingerprint density at radius 3 is 2.50 bits per heavy atom. The standard InChI is InChI=1S/C15H21IOS/c1-3-5-11-14(15(16)13(17)4-2)18-12-9-7-6-8-10-12/h6-10,13,17H,3-5,11H2,1-2H3/b15-14+. The molecule has 1 aromatic rings. The molecule has 3 heteroatoms. The molecule has 0 aliphatic heterocycles. The Bertz CT molecular complexity index is 375. The molecule has 0 saturated heterocycles. The fourth-order valence-corrected chi connectivity index (χ4v) is 3.65. The SMILES string of the molecule is CCCC/C(Sc1ccccc1)=C(\I)C(O)CC. The zero-order valence-electron chi connectivity index (χ0n) is 11.0. The highest BCUT2D eigenvalue weighted by Crippen LogP contribution is 2.36. The van der Waals surface area contributed by atoms with Gasteiger partial charge in [-0.2, -0.15) is 0 Å². The van der Waals surface area contributed by atoms with Crippen LogP contribution < -0.4 is 0 Å². The third-order valence-electron chi connectivity index (χ3n) is 2.69. The van der Waals surface area contributed by atoms with Crippen LogP contribution in [0, 0.1) is 0 Å². The molecule has 1 nitrogen and oxygen atoms in total. The van der Waals surface area contributed by atoms with Crippen LogP contribution in [0.25, 0.3) is 0 Å². The number of hydrogen-bond donors (Lipinski definition) is 1. The van der Waals surface area contributed by atoms with Crippen molar-refractivity contribution in [1.29, 1.82) is 0 Å². The molecule has 0 heterocycles. The maximum Gasteiger partial charge on any atom is 0.0852 e. The van der Waals surface area contributed by atoms with Crippen LogP contribution in [0.1, 0.15) is 39.5 Å². The summed E-state index contributed by atoms with van der Waals surface area (Å²) < 4.78 is 1.11. The van der Waals surface area contributed by atoms with Crippen LogP contribution in [0.15, 0.2) is 43.7 Å². The van der Waals surface area contributed by atoms with E-state index < -0.39 is 0 Å². The van der Waals surface area contributed by atoms with Gasteiger partial charge in [0.25, 0.3) is 0 Å². The van der Waals surface area contributed by atoms with Crippen molar-refractivity contribution in [3.8, 4) is 0 Å². The van der Waals surface area contributed by atoms with E-state index in [0.717, 1.165) is 16.4 Å². The molecule has 18 heavy (non-hydrogen) atoms. The van der Waals surface area contributed by atoms with E-state index in [2.05, 4.69) is 53.8 Å². The predicted octanol–water partition coefficient (Wildman–Crippen LogP) is 5.39. The smallest absolute Gasteiger partial charge is 0.0852 e. The summed E-state index contributed by atoms with van der Waals surface area (Å²) in [5, 5.41) is 10.00. The molecule has 1 N–H and O–H groups in total. The molecule has 0 aliphatic carbocycles. The van der Waals surface area contributed by atoms with Crippen LogP contribution >= 0.6 is 34.4 Å². The summed E-state index contributed by atoms with van der Waals surface area (Å²) in [5.41, 5.74) is 0. The number of thioether (sulfide) groups is 1. The van der Waals surface area contributed by atoms with Crippen LogP contribution in [0.3, 0.4) is 0 Å². The summed E-state index contributed by atoms with van der Waals surface area (Å²) in [4.78, 5) is 2.57. The lowest BCUT2D eigenvalue weighted by Crippen LogP contribution is -2.05. The fraction of sp³-hybridized carbons (Fsp3) is 0.467. The van der Waals surface area contributed by atoms with Gasteiger partial charge in [0.1, 0.15) is 0 Å². The Kier molecular flexibility index (Phi) is 8.02. The molecule has 0 saturated carbocycles. The number of allylic oxidation sites excluding steroid dienone is 1. The summed E-state index contributed by atoms with van der Waals surface area (Å²) in [6.07, 6.45) is 3.89. The largest absolute Gasteiger partial charge is 0.388 e. The zero-order chi connectivity index (χ0) is 13.4. The molecule has 1 unspecified atom stereocenters. The molecule has 0 amide bonds. The molecular weight excluding hydrogens is 355 g/mol. The van der Waals surface area contributed by atoms with Crippen molar-refractivity contribution in [2.45, 2.75) is 50.5 Å². The Morgan fingerprint density at radius 2 is 1.94 bits per heavy atom. The van der Waals surface area contributed by atoms with Crippen molar-refractivity contribution in [2.75, 3.05) is 0 Å². The quantitative estimate of drug-likeness (QED) is 0.509. The second kappa shape index (κ2) is 8.99. The molecule has 0 bridgehead atoms. The van der Waals surface area contributed by atoms with Gasteiger partial charge >= 0.3 is 0 Å². The first-order chi connectivity index (χ1) is 8.69. The summed E-state index contributed by atoms with van der Waals surface area (Å²) in [6.45, 7) is 4.22. The average molecular weight is 376 g/mol. The minimum atomic E-state index is -0.311. The molecule has 0 radical (unpaired) electrons. The second-order valence-electron chi connectivity index (χ2n) is 4.21. The third kappa shape index (κ3) is 5.33. The second-order valence-corrected chi connectivity index (χ2v) is 6.54. The molecular formula is C15H21IOS. The predicted molar refractivity (Wildman–Crippen MR) is 89.2 cm³/mol. The van der Waals surface area contributed by atoms with E-state index in [-0.39, 0.29) is 6.10 Å². The minimum absolute atomic E-state index is 0.311. The van der Waals surface area contributed by atoms with Gasteiger partial charge < -0.3 is 5.11 Å². The first-order valence-corrected chi connectivity index (χ1v) is 8.38. The van der Waals surface area contributed by atoms with Gasteiger partial charge in [0, 0.05) is 13.4 Å². The highest BCUT2D eigenvalue weighted by molar-refractivity contribution is 14.1. The highest BCUT2D eigenvalue weighted by atomic mass is 127. The number of halogens is 1. The van der Waals surface area contributed by atoms with Crippen LogP contribution in [0.4, 0.5) is 0 Å². The fourth-order valence-electron chi connectivity index (χ4n) is 1.55. The molecule has 0 aromatic heterocycles. The lowest BCUT2D eigenvalue weighted by molar-refractivity contribution is 0.216. The molecule has 1 aromatic carbocycles. The van der Waals surface area contributed by atoms with Gasteiger partial charge in [-0.05, 0) is 54.0 Å². The third-order valence-corrected chi connectivity index (χ3v) is 5.60. The molecule has 1 rings (SSSR count). The van der Waals surface area contributed by atoms with E-state index in [1.165, 1.54) is 22.6 Å². The topological polar surface area (TPSA) is 20.2 Å². The van der Waals surface area contributed by atoms with Crippen molar-refractivity contribution < 1.29 is 5.11 Å². The van der Waals surface area contributed by atoms with Crippen LogP contribution in [0.5, 0.6) is 0 Å². The number of aliphatic hydroxyl groups is 1. The Hall–Kier alpha value is -0.0000000000000000763. The maximum absolute atomic E-state index is 10.00. The summed E-state index contributed by atoms with van der Waals surface area (Å²) in [6, 6.07) is 10.4. The van der Waals surface area contributed by atoms with Crippen LogP contribution in [-0.2, 0) is 0 Å². The van der Waals surface area contributed by atoms with E-state index in [1.807, 2.05) is 13.0 Å². The number of unbranched alkanes of at least 4 members (excludes halogenated alkanes) is 1. The van der Waals surface area contributed by atoms with Gasteiger partial charge in [0.15, 0.2) is 0 Å². The maximum atomic E-state index is 10.00. The van der Waals surface area contributed by atoms with Gasteiger partial charge in [-0.25, -0.2) is 0 Å². The summed E-state index contributed by atoms with van der Waals surface area (Å²) in [5.74, 6) is 0. The molecule has 0 spiro atoms. The number of rotatable bonds is 7. The number of hydrogen-bond acceptors (Lipinski definition) is 2. The normalized spacial score (nSPS) is 14.2. The van der Waals surface area contributed by atoms with Crippen LogP contribution in [-0.4, -0.2) is 11.2 Å². The Labute approximate surface area is 128 Å². The van der Waals surface area contributed by atoms with Gasteiger partial charge in [-0.3, -0.25) is 0 Å². The van der Waals surface area contributed by atoms with Crippen LogP contribution in [0.2, 0.25) is 0 Å². The molecule has 0 fully saturated rings. The first kappa shape index (κ1) is 16.1. The summed E-state index contributed by atoms with van der Waals surface area (Å²) >= 11 is 4.10. The molecule has 0 aliphatic rings. The monoisotopic (exact) mass is 376 g/mol. The van der Waals surface area contributed by atoms with E-state index in [0.29, 0.717) is 0 Å². The van der Waals surface area contributed by atoms with E-state index in [1.54, 1.807) is 11.8 Å². The van der Waals surface area contributed by atoms with Gasteiger partial charge in [-0.1, -0.05) is 50.2 Å². The van der Waals surface area contributed by atoms with E-state index in [4.69, 9.17) is 0 Å². The average Bonchev–Trinajstić information content (AvgIpc) is 2.42. The number of benzene rings is 1. The van der Waals surface area contributed by atoms with Gasteiger partial charge in [0.2, 0.25) is 0 Å². The summed E-state index contributed by atoms with van der Waals surface area (Å²) in [7, 11) is 0. The number of aliphatic hydroxyl groups excluding tert-OH is 1. The molecule has 100 valence electrons. The Morgan fingerprint density at radius 1 is 1.28 bits per heavy atom. The van der Waals surface area contributed by atoms with Gasteiger partial charge in [0.05, 0.1) is 6.10 Å². The molecule has 1 atom stereocenters. The van der Waals surface area contributed by atoms with Crippen molar-refractivity contribution in [3.05, 3.63) is 38.8 Å². The minimum Gasteiger partial charge on any atom is -0.388 e. The lowest BCUT2D eigenvalue weighted by Gasteiger charge is -2.14. The van der Waals surface area contributed by atoms with E-state index >= 15 is 0 Å². The van der Waals surface area contributed by atoms with Crippen molar-refractivity contribution in [3.63, 3.8) is 0 Å². The first-order valence-electron chi connectivity index (χ1n) is 6.48. The van der Waals surface area contributed by atoms with E-state index in [9.17, 15) is 5.11 Å². The zero-order valence-corrected chi connectivity index (χ0v) is 14.0. The lowest BCUT2D eigenvalue weighted by atomic mass is 10.2. The highest BCUT2D eigenvalue weighted by Gasteiger charge is 2.12.